The summed E-state index contributed by atoms with van der Waals surface area (Å²) in [6, 6.07) is 69.5. The molecular weight excluding hydrogens is 681 g/mol. The van der Waals surface area contributed by atoms with Gasteiger partial charge in [-0.25, -0.2) is 15.0 Å². The van der Waals surface area contributed by atoms with E-state index in [0.29, 0.717) is 23.0 Å². The van der Waals surface area contributed by atoms with Crippen molar-refractivity contribution >= 4 is 32.3 Å². The van der Waals surface area contributed by atoms with Crippen LogP contribution in [0.1, 0.15) is 5.56 Å². The highest BCUT2D eigenvalue weighted by atomic mass is 15.0. The van der Waals surface area contributed by atoms with Gasteiger partial charge < -0.3 is 0 Å². The van der Waals surface area contributed by atoms with Gasteiger partial charge in [-0.3, -0.25) is 0 Å². The molecule has 0 unspecified atom stereocenters. The summed E-state index contributed by atoms with van der Waals surface area (Å²) in [6.45, 7) is 0. The van der Waals surface area contributed by atoms with Crippen molar-refractivity contribution in [2.24, 2.45) is 0 Å². The van der Waals surface area contributed by atoms with Crippen LogP contribution in [0.25, 0.3) is 99.9 Å². The Hall–Kier alpha value is -7.74. The summed E-state index contributed by atoms with van der Waals surface area (Å²) < 4.78 is 0. The Kier molecular flexibility index (Phi) is 8.17. The van der Waals surface area contributed by atoms with Crippen molar-refractivity contribution in [1.82, 2.24) is 15.0 Å². The van der Waals surface area contributed by atoms with Crippen LogP contribution in [0, 0.1) is 11.3 Å². The van der Waals surface area contributed by atoms with Crippen molar-refractivity contribution in [3.05, 3.63) is 200 Å². The van der Waals surface area contributed by atoms with Gasteiger partial charge in [0.15, 0.2) is 17.5 Å². The topological polar surface area (TPSA) is 62.5 Å². The summed E-state index contributed by atoms with van der Waals surface area (Å²) in [5, 5.41) is 16.6. The highest BCUT2D eigenvalue weighted by Crippen LogP contribution is 2.40. The molecule has 10 aromatic rings. The molecule has 0 saturated heterocycles. The predicted octanol–water partition coefficient (Wildman–Crippen LogP) is 13.2. The molecule has 1 aromatic heterocycles. The van der Waals surface area contributed by atoms with E-state index in [4.69, 9.17) is 15.0 Å². The van der Waals surface area contributed by atoms with Crippen molar-refractivity contribution in [3.63, 3.8) is 0 Å². The summed E-state index contributed by atoms with van der Waals surface area (Å²) >= 11 is 0. The molecule has 0 amide bonds. The maximum Gasteiger partial charge on any atom is 0.164 e. The minimum atomic E-state index is 0.595. The first kappa shape index (κ1) is 32.9. The van der Waals surface area contributed by atoms with Crippen molar-refractivity contribution in [1.29, 1.82) is 5.26 Å². The number of benzene rings is 9. The first-order valence-corrected chi connectivity index (χ1v) is 18.7. The molecule has 1 heterocycles. The van der Waals surface area contributed by atoms with Gasteiger partial charge in [0.1, 0.15) is 0 Å². The van der Waals surface area contributed by atoms with Crippen LogP contribution in [0.3, 0.4) is 0 Å². The molecule has 10 rings (SSSR count). The molecule has 0 aliphatic carbocycles. The molecule has 0 radical (unpaired) electrons. The summed E-state index contributed by atoms with van der Waals surface area (Å²) in [5.41, 5.74) is 10.0. The minimum Gasteiger partial charge on any atom is -0.208 e. The third kappa shape index (κ3) is 6.04. The second-order valence-electron chi connectivity index (χ2n) is 14.0. The molecule has 260 valence electrons. The van der Waals surface area contributed by atoms with Gasteiger partial charge in [-0.05, 0) is 90.0 Å². The smallest absolute Gasteiger partial charge is 0.164 e. The molecule has 0 atom stereocenters. The molecule has 4 heteroatoms. The summed E-state index contributed by atoms with van der Waals surface area (Å²) in [7, 11) is 0. The predicted molar refractivity (Wildman–Crippen MR) is 230 cm³/mol. The van der Waals surface area contributed by atoms with Gasteiger partial charge in [-0.15, -0.1) is 0 Å². The maximum absolute atomic E-state index is 9.25. The normalized spacial score (nSPS) is 11.2. The lowest BCUT2D eigenvalue weighted by Gasteiger charge is -2.14. The minimum absolute atomic E-state index is 0.595. The third-order valence-corrected chi connectivity index (χ3v) is 10.6. The third-order valence-electron chi connectivity index (χ3n) is 10.6. The standard InChI is InChI=1S/C52H32N4/c53-33-34-17-19-36(20-18-34)37-21-25-40(26-22-37)50-54-51(56-52(55-50)44-14-8-13-42(31-44)35-9-2-1-3-10-35)41-27-23-39(24-28-41)49-46-16-7-5-12-43(46)32-48-45-15-6-4-11-38(45)29-30-47(48)49/h1-32H. The average molecular weight is 713 g/mol. The molecule has 0 aliphatic heterocycles. The van der Waals surface area contributed by atoms with Gasteiger partial charge in [-0.2, -0.15) is 5.26 Å². The number of hydrogen-bond acceptors (Lipinski definition) is 4. The molecule has 0 fully saturated rings. The summed E-state index contributed by atoms with van der Waals surface area (Å²) in [4.78, 5) is 15.2. The van der Waals surface area contributed by atoms with E-state index in [0.717, 1.165) is 44.5 Å². The molecule has 4 nitrogen and oxygen atoms in total. The second kappa shape index (κ2) is 13.9. The van der Waals surface area contributed by atoms with Crippen molar-refractivity contribution < 1.29 is 0 Å². The van der Waals surface area contributed by atoms with E-state index in [9.17, 15) is 5.26 Å². The van der Waals surface area contributed by atoms with E-state index >= 15 is 0 Å². The number of rotatable bonds is 6. The van der Waals surface area contributed by atoms with Gasteiger partial charge >= 0.3 is 0 Å². The van der Waals surface area contributed by atoms with E-state index < -0.39 is 0 Å². The zero-order chi connectivity index (χ0) is 37.4. The fourth-order valence-electron chi connectivity index (χ4n) is 7.70. The summed E-state index contributed by atoms with van der Waals surface area (Å²) in [6.07, 6.45) is 0. The molecule has 0 saturated carbocycles. The fourth-order valence-corrected chi connectivity index (χ4v) is 7.70. The van der Waals surface area contributed by atoms with Crippen LogP contribution in [-0.2, 0) is 0 Å². The number of fused-ring (bicyclic) bond motifs is 4. The summed E-state index contributed by atoms with van der Waals surface area (Å²) in [5.74, 6) is 1.80. The zero-order valence-electron chi connectivity index (χ0n) is 30.3. The second-order valence-corrected chi connectivity index (χ2v) is 14.0. The molecule has 56 heavy (non-hydrogen) atoms. The number of nitriles is 1. The average Bonchev–Trinajstić information content (AvgIpc) is 3.28. The van der Waals surface area contributed by atoms with Crippen LogP contribution in [0.2, 0.25) is 0 Å². The van der Waals surface area contributed by atoms with Gasteiger partial charge in [0.05, 0.1) is 11.6 Å². The van der Waals surface area contributed by atoms with E-state index in [1.807, 2.05) is 30.3 Å². The largest absolute Gasteiger partial charge is 0.208 e. The Morgan fingerprint density at radius 1 is 0.304 bits per heavy atom. The first-order valence-electron chi connectivity index (χ1n) is 18.7. The molecule has 9 aromatic carbocycles. The van der Waals surface area contributed by atoms with Crippen molar-refractivity contribution in [3.8, 4) is 73.6 Å². The van der Waals surface area contributed by atoms with Gasteiger partial charge in [0, 0.05) is 16.7 Å². The molecule has 0 aliphatic rings. The van der Waals surface area contributed by atoms with Gasteiger partial charge in [0.25, 0.3) is 0 Å². The number of aromatic nitrogens is 3. The van der Waals surface area contributed by atoms with Crippen LogP contribution in [0.5, 0.6) is 0 Å². The van der Waals surface area contributed by atoms with E-state index in [1.54, 1.807) is 0 Å². The Morgan fingerprint density at radius 2 is 0.804 bits per heavy atom. The van der Waals surface area contributed by atoms with E-state index in [2.05, 4.69) is 170 Å². The highest BCUT2D eigenvalue weighted by molar-refractivity contribution is 6.20. The SMILES string of the molecule is N#Cc1ccc(-c2ccc(-c3nc(-c4ccc(-c5c6ccccc6cc6c5ccc5ccccc56)cc4)nc(-c4cccc(-c5ccccc5)c4)n3)cc2)cc1. The van der Waals surface area contributed by atoms with Crippen LogP contribution in [0.15, 0.2) is 194 Å². The monoisotopic (exact) mass is 712 g/mol. The fraction of sp³-hybridized carbons (Fsp3) is 0. The Bertz CT molecular complexity index is 3110. The quantitative estimate of drug-likeness (QED) is 0.127. The lowest BCUT2D eigenvalue weighted by atomic mass is 9.89. The molecule has 0 spiro atoms. The molecular formula is C52H32N4. The van der Waals surface area contributed by atoms with Crippen molar-refractivity contribution in [2.75, 3.05) is 0 Å². The zero-order valence-corrected chi connectivity index (χ0v) is 30.3. The lowest BCUT2D eigenvalue weighted by molar-refractivity contribution is 1.07. The first-order chi connectivity index (χ1) is 27.7. The molecule has 0 bridgehead atoms. The van der Waals surface area contributed by atoms with E-state index in [-0.39, 0.29) is 0 Å². The highest BCUT2D eigenvalue weighted by Gasteiger charge is 2.16. The van der Waals surface area contributed by atoms with E-state index in [1.165, 1.54) is 37.9 Å². The van der Waals surface area contributed by atoms with Gasteiger partial charge in [-0.1, -0.05) is 170 Å². The van der Waals surface area contributed by atoms with Gasteiger partial charge in [0.2, 0.25) is 0 Å². The van der Waals surface area contributed by atoms with Crippen LogP contribution < -0.4 is 0 Å². The number of hydrogen-bond donors (Lipinski definition) is 0. The maximum atomic E-state index is 9.25. The van der Waals surface area contributed by atoms with Crippen LogP contribution >= 0.6 is 0 Å². The Labute approximate surface area is 324 Å². The Morgan fingerprint density at radius 3 is 1.48 bits per heavy atom. The van der Waals surface area contributed by atoms with Crippen LogP contribution in [0.4, 0.5) is 0 Å². The van der Waals surface area contributed by atoms with Crippen LogP contribution in [-0.4, -0.2) is 15.0 Å². The van der Waals surface area contributed by atoms with Crippen molar-refractivity contribution in [2.45, 2.75) is 0 Å². The number of nitrogens with zero attached hydrogens (tertiary/aromatic N) is 4. The lowest BCUT2D eigenvalue weighted by Crippen LogP contribution is -2.00. The Balaban J connectivity index is 1.09. The molecule has 0 N–H and O–H groups in total.